The molecule has 3 N–H and O–H groups in total. The van der Waals surface area contributed by atoms with Crippen molar-refractivity contribution in [1.82, 2.24) is 5.32 Å². The highest BCUT2D eigenvalue weighted by Gasteiger charge is 2.20. The van der Waals surface area contributed by atoms with Gasteiger partial charge in [-0.2, -0.15) is 0 Å². The van der Waals surface area contributed by atoms with Crippen molar-refractivity contribution in [2.24, 2.45) is 5.92 Å². The third-order valence-electron chi connectivity index (χ3n) is 3.19. The van der Waals surface area contributed by atoms with E-state index >= 15 is 0 Å². The summed E-state index contributed by atoms with van der Waals surface area (Å²) in [6.45, 7) is 1.75. The number of carbonyl (C=O) groups excluding carboxylic acids is 1. The van der Waals surface area contributed by atoms with Crippen molar-refractivity contribution in [3.05, 3.63) is 27.7 Å². The fourth-order valence-corrected chi connectivity index (χ4v) is 2.74. The van der Waals surface area contributed by atoms with Crippen LogP contribution in [0, 0.1) is 5.92 Å². The number of carbonyl (C=O) groups is 2. The van der Waals surface area contributed by atoms with Crippen molar-refractivity contribution in [3.8, 4) is 0 Å². The molecule has 0 saturated carbocycles. The molecule has 0 bridgehead atoms. The number of nitrogens with one attached hydrogen (secondary N) is 2. The van der Waals surface area contributed by atoms with Crippen molar-refractivity contribution in [2.75, 3.05) is 18.4 Å². The zero-order valence-electron chi connectivity index (χ0n) is 10.6. The van der Waals surface area contributed by atoms with E-state index in [1.54, 1.807) is 0 Å². The predicted molar refractivity (Wildman–Crippen MR) is 77.6 cm³/mol. The van der Waals surface area contributed by atoms with Crippen LogP contribution < -0.4 is 10.6 Å². The standard InChI is InChI=1S/C13H14Cl2N2O3/c14-9-4-8(13(19)20)5-10(15)12(9)17-11(18)3-7-1-2-16-6-7/h4-5,7,16H,1-3,6H2,(H,17,18)(H,19,20). The van der Waals surface area contributed by atoms with Crippen LogP contribution in [0.25, 0.3) is 0 Å². The van der Waals surface area contributed by atoms with Gasteiger partial charge in [-0.3, -0.25) is 4.79 Å². The number of aromatic carboxylic acids is 1. The van der Waals surface area contributed by atoms with Gasteiger partial charge in [-0.25, -0.2) is 4.79 Å². The second kappa shape index (κ2) is 6.43. The van der Waals surface area contributed by atoms with Crippen LogP contribution in [-0.4, -0.2) is 30.1 Å². The molecule has 1 aromatic rings. The van der Waals surface area contributed by atoms with Crippen molar-refractivity contribution < 1.29 is 14.7 Å². The summed E-state index contributed by atoms with van der Waals surface area (Å²) in [5.74, 6) is -0.986. The zero-order chi connectivity index (χ0) is 14.7. The molecule has 7 heteroatoms. The highest BCUT2D eigenvalue weighted by atomic mass is 35.5. The van der Waals surface area contributed by atoms with Crippen LogP contribution in [0.5, 0.6) is 0 Å². The van der Waals surface area contributed by atoms with Gasteiger partial charge >= 0.3 is 5.97 Å². The van der Waals surface area contributed by atoms with Crippen LogP contribution in [0.4, 0.5) is 5.69 Å². The van der Waals surface area contributed by atoms with Crippen LogP contribution in [-0.2, 0) is 4.79 Å². The van der Waals surface area contributed by atoms with E-state index in [1.807, 2.05) is 0 Å². The summed E-state index contributed by atoms with van der Waals surface area (Å²) in [6.07, 6.45) is 1.35. The van der Waals surface area contributed by atoms with E-state index in [-0.39, 0.29) is 27.2 Å². The minimum atomic E-state index is -1.12. The summed E-state index contributed by atoms with van der Waals surface area (Å²) in [7, 11) is 0. The fraction of sp³-hybridized carbons (Fsp3) is 0.385. The first-order valence-electron chi connectivity index (χ1n) is 6.20. The number of amides is 1. The highest BCUT2D eigenvalue weighted by molar-refractivity contribution is 6.40. The van der Waals surface area contributed by atoms with Crippen LogP contribution in [0.15, 0.2) is 12.1 Å². The monoisotopic (exact) mass is 316 g/mol. The third-order valence-corrected chi connectivity index (χ3v) is 3.79. The molecule has 5 nitrogen and oxygen atoms in total. The van der Waals surface area contributed by atoms with E-state index < -0.39 is 5.97 Å². The van der Waals surface area contributed by atoms with Gasteiger partial charge < -0.3 is 15.7 Å². The van der Waals surface area contributed by atoms with Crippen molar-refractivity contribution >= 4 is 40.8 Å². The molecule has 20 heavy (non-hydrogen) atoms. The summed E-state index contributed by atoms with van der Waals surface area (Å²) in [6, 6.07) is 2.53. The molecule has 1 atom stereocenters. The molecular formula is C13H14Cl2N2O3. The molecule has 1 aromatic carbocycles. The lowest BCUT2D eigenvalue weighted by molar-refractivity contribution is -0.116. The lowest BCUT2D eigenvalue weighted by Crippen LogP contribution is -2.18. The van der Waals surface area contributed by atoms with Crippen molar-refractivity contribution in [3.63, 3.8) is 0 Å². The van der Waals surface area contributed by atoms with E-state index in [0.29, 0.717) is 12.3 Å². The van der Waals surface area contributed by atoms with E-state index in [9.17, 15) is 9.59 Å². The third kappa shape index (κ3) is 3.62. The summed E-state index contributed by atoms with van der Waals surface area (Å²) in [4.78, 5) is 22.8. The maximum atomic E-state index is 11.9. The van der Waals surface area contributed by atoms with Crippen LogP contribution in [0.2, 0.25) is 10.0 Å². The van der Waals surface area contributed by atoms with Gasteiger partial charge in [-0.05, 0) is 37.6 Å². The Bertz CT molecular complexity index is 519. The summed E-state index contributed by atoms with van der Waals surface area (Å²) < 4.78 is 0. The molecule has 1 unspecified atom stereocenters. The molecule has 2 rings (SSSR count). The smallest absolute Gasteiger partial charge is 0.335 e. The molecule has 1 aliphatic heterocycles. The van der Waals surface area contributed by atoms with Gasteiger partial charge in [0.15, 0.2) is 0 Å². The molecule has 1 aliphatic rings. The molecule has 1 amide bonds. The summed E-state index contributed by atoms with van der Waals surface area (Å²) in [5, 5.41) is 15.0. The number of benzene rings is 1. The first-order chi connectivity index (χ1) is 9.47. The van der Waals surface area contributed by atoms with Gasteiger partial charge in [0.1, 0.15) is 0 Å². The van der Waals surface area contributed by atoms with Gasteiger partial charge in [0, 0.05) is 6.42 Å². The second-order valence-corrected chi connectivity index (χ2v) is 5.55. The minimum absolute atomic E-state index is 0.0157. The minimum Gasteiger partial charge on any atom is -0.478 e. The number of halogens is 2. The van der Waals surface area contributed by atoms with Crippen LogP contribution in [0.3, 0.4) is 0 Å². The van der Waals surface area contributed by atoms with Crippen LogP contribution in [0.1, 0.15) is 23.2 Å². The normalized spacial score (nSPS) is 18.0. The zero-order valence-corrected chi connectivity index (χ0v) is 12.1. The number of anilines is 1. The van der Waals surface area contributed by atoms with Crippen molar-refractivity contribution in [2.45, 2.75) is 12.8 Å². The maximum Gasteiger partial charge on any atom is 0.335 e. The Morgan fingerprint density at radius 2 is 2.00 bits per heavy atom. The Hall–Kier alpha value is -1.30. The Morgan fingerprint density at radius 1 is 1.35 bits per heavy atom. The van der Waals surface area contributed by atoms with E-state index in [0.717, 1.165) is 19.5 Å². The maximum absolute atomic E-state index is 11.9. The lowest BCUT2D eigenvalue weighted by Gasteiger charge is -2.12. The van der Waals surface area contributed by atoms with E-state index in [1.165, 1.54) is 12.1 Å². The first-order valence-corrected chi connectivity index (χ1v) is 6.96. The largest absolute Gasteiger partial charge is 0.478 e. The second-order valence-electron chi connectivity index (χ2n) is 4.73. The van der Waals surface area contributed by atoms with Crippen molar-refractivity contribution in [1.29, 1.82) is 0 Å². The van der Waals surface area contributed by atoms with Gasteiger partial charge in [0.05, 0.1) is 21.3 Å². The Kier molecular flexibility index (Phi) is 4.86. The first kappa shape index (κ1) is 15.1. The van der Waals surface area contributed by atoms with Gasteiger partial charge in [-0.15, -0.1) is 0 Å². The molecule has 0 aromatic heterocycles. The summed E-state index contributed by atoms with van der Waals surface area (Å²) >= 11 is 11.9. The lowest BCUT2D eigenvalue weighted by atomic mass is 10.0. The number of hydrogen-bond donors (Lipinski definition) is 3. The van der Waals surface area contributed by atoms with Gasteiger partial charge in [0.25, 0.3) is 0 Å². The fourth-order valence-electron chi connectivity index (χ4n) is 2.16. The SMILES string of the molecule is O=C(CC1CCNC1)Nc1c(Cl)cc(C(=O)O)cc1Cl. The number of hydrogen-bond acceptors (Lipinski definition) is 3. The quantitative estimate of drug-likeness (QED) is 0.798. The van der Waals surface area contributed by atoms with Gasteiger partial charge in [0.2, 0.25) is 5.91 Å². The molecule has 0 spiro atoms. The molecular weight excluding hydrogens is 303 g/mol. The van der Waals surface area contributed by atoms with Gasteiger partial charge in [-0.1, -0.05) is 23.2 Å². The Labute approximate surface area is 126 Å². The number of carboxylic acid groups (broad SMARTS) is 1. The molecule has 0 aliphatic carbocycles. The molecule has 1 saturated heterocycles. The molecule has 108 valence electrons. The Balaban J connectivity index is 2.08. The number of rotatable bonds is 4. The van der Waals surface area contributed by atoms with E-state index in [2.05, 4.69) is 10.6 Å². The predicted octanol–water partition coefficient (Wildman–Crippen LogP) is 2.63. The van der Waals surface area contributed by atoms with E-state index in [4.69, 9.17) is 28.3 Å². The molecule has 0 radical (unpaired) electrons. The highest BCUT2D eigenvalue weighted by Crippen LogP contribution is 2.32. The molecule has 1 heterocycles. The van der Waals surface area contributed by atoms with Crippen LogP contribution >= 0.6 is 23.2 Å². The Morgan fingerprint density at radius 3 is 2.50 bits per heavy atom. The molecule has 1 fully saturated rings. The average molecular weight is 317 g/mol. The number of carboxylic acids is 1. The topological polar surface area (TPSA) is 78.4 Å². The average Bonchev–Trinajstić information content (AvgIpc) is 2.86. The summed E-state index contributed by atoms with van der Waals surface area (Å²) in [5.41, 5.74) is 0.243.